The van der Waals surface area contributed by atoms with Crippen molar-refractivity contribution < 1.29 is 44.9 Å². The minimum Gasteiger partial charge on any atom is -0.394 e. The van der Waals surface area contributed by atoms with Gasteiger partial charge in [0.05, 0.1) is 25.4 Å². The number of amides is 1. The maximum atomic E-state index is 13.1. The highest BCUT2D eigenvalue weighted by atomic mass is 16.7. The molecule has 10 heteroatoms. The van der Waals surface area contributed by atoms with Crippen LogP contribution in [0, 0.1) is 0 Å². The summed E-state index contributed by atoms with van der Waals surface area (Å²) in [4.78, 5) is 13.1. The molecule has 1 saturated heterocycles. The van der Waals surface area contributed by atoms with Crippen molar-refractivity contribution in [3.8, 4) is 0 Å². The van der Waals surface area contributed by atoms with Gasteiger partial charge in [-0.25, -0.2) is 0 Å². The van der Waals surface area contributed by atoms with Gasteiger partial charge in [-0.05, 0) is 44.9 Å². The van der Waals surface area contributed by atoms with Crippen molar-refractivity contribution in [3.05, 3.63) is 24.3 Å². The van der Waals surface area contributed by atoms with Gasteiger partial charge in [-0.15, -0.1) is 0 Å². The van der Waals surface area contributed by atoms with Gasteiger partial charge in [-0.2, -0.15) is 0 Å². The second-order valence-corrected chi connectivity index (χ2v) is 17.8. The summed E-state index contributed by atoms with van der Waals surface area (Å²) in [6.07, 6.45) is 38.0. The van der Waals surface area contributed by atoms with Crippen LogP contribution in [0.5, 0.6) is 0 Å². The van der Waals surface area contributed by atoms with Gasteiger partial charge >= 0.3 is 0 Å². The van der Waals surface area contributed by atoms with Gasteiger partial charge in [-0.1, -0.05) is 205 Å². The van der Waals surface area contributed by atoms with Crippen molar-refractivity contribution in [1.29, 1.82) is 0 Å². The Hall–Kier alpha value is -1.37. The van der Waals surface area contributed by atoms with Crippen molar-refractivity contribution in [2.45, 2.75) is 275 Å². The topological polar surface area (TPSA) is 169 Å². The van der Waals surface area contributed by atoms with Crippen LogP contribution in [0.4, 0.5) is 0 Å². The monoisotopic (exact) mass is 854 g/mol. The van der Waals surface area contributed by atoms with E-state index in [9.17, 15) is 35.4 Å². The Labute approximate surface area is 367 Å². The zero-order valence-corrected chi connectivity index (χ0v) is 38.6. The van der Waals surface area contributed by atoms with E-state index in [1.165, 1.54) is 122 Å². The molecule has 7 N–H and O–H groups in total. The summed E-state index contributed by atoms with van der Waals surface area (Å²) in [6, 6.07) is -0.897. The minimum atomic E-state index is -1.60. The lowest BCUT2D eigenvalue weighted by Crippen LogP contribution is -2.60. The average Bonchev–Trinajstić information content (AvgIpc) is 3.25. The molecular formula is C50H95NO9. The number of carbonyl (C=O) groups is 1. The maximum Gasteiger partial charge on any atom is 0.249 e. The van der Waals surface area contributed by atoms with E-state index in [1.807, 2.05) is 0 Å². The molecular weight excluding hydrogens is 759 g/mol. The second-order valence-electron chi connectivity index (χ2n) is 17.8. The highest BCUT2D eigenvalue weighted by Crippen LogP contribution is 2.23. The fourth-order valence-electron chi connectivity index (χ4n) is 8.02. The molecule has 60 heavy (non-hydrogen) atoms. The number of ether oxygens (including phenoxy) is 2. The number of hydrogen-bond acceptors (Lipinski definition) is 9. The Morgan fingerprint density at radius 2 is 0.983 bits per heavy atom. The molecule has 10 nitrogen and oxygen atoms in total. The first-order valence-corrected chi connectivity index (χ1v) is 25.1. The Kier molecular flexibility index (Phi) is 38.1. The number of unbranched alkanes of at least 4 members (excludes halogenated alkanes) is 27. The number of rotatable bonds is 42. The smallest absolute Gasteiger partial charge is 0.249 e. The Morgan fingerprint density at radius 3 is 1.43 bits per heavy atom. The molecule has 0 aromatic heterocycles. The van der Waals surface area contributed by atoms with Crippen molar-refractivity contribution in [1.82, 2.24) is 5.32 Å². The largest absolute Gasteiger partial charge is 0.394 e. The van der Waals surface area contributed by atoms with Gasteiger partial charge in [0.2, 0.25) is 5.91 Å². The number of allylic oxidation sites excluding steroid dienone is 4. The molecule has 0 bridgehead atoms. The molecule has 0 aliphatic carbocycles. The van der Waals surface area contributed by atoms with Crippen LogP contribution in [0.2, 0.25) is 0 Å². The van der Waals surface area contributed by atoms with Crippen LogP contribution in [0.3, 0.4) is 0 Å². The number of hydrogen-bond donors (Lipinski definition) is 7. The van der Waals surface area contributed by atoms with Crippen LogP contribution in [-0.4, -0.2) is 98.7 Å². The molecule has 1 fully saturated rings. The van der Waals surface area contributed by atoms with E-state index in [-0.39, 0.29) is 6.61 Å². The Morgan fingerprint density at radius 1 is 0.567 bits per heavy atom. The molecule has 0 saturated carbocycles. The van der Waals surface area contributed by atoms with Crippen LogP contribution in [-0.2, 0) is 14.3 Å². The first kappa shape index (κ1) is 56.6. The van der Waals surface area contributed by atoms with Crippen molar-refractivity contribution in [2.24, 2.45) is 0 Å². The molecule has 8 unspecified atom stereocenters. The van der Waals surface area contributed by atoms with E-state index in [4.69, 9.17) is 9.47 Å². The lowest BCUT2D eigenvalue weighted by atomic mass is 9.99. The average molecular weight is 854 g/mol. The molecule has 1 aliphatic heterocycles. The molecule has 0 spiro atoms. The predicted octanol–water partition coefficient (Wildman–Crippen LogP) is 10.0. The lowest BCUT2D eigenvalue weighted by Gasteiger charge is -2.40. The summed E-state index contributed by atoms with van der Waals surface area (Å²) in [6.45, 7) is 3.67. The molecule has 354 valence electrons. The molecule has 0 aromatic carbocycles. The SMILES string of the molecule is CCCCCCCCCCC/C=C\C/C=C\CCCCCCCCC(O)C(=O)NC(COC1OC(CO)C(O)C(O)C1O)C(O)CCCCCCCCCCCCCCC. The maximum absolute atomic E-state index is 13.1. The number of aliphatic hydroxyl groups is 6. The summed E-state index contributed by atoms with van der Waals surface area (Å²) < 4.78 is 11.2. The fraction of sp³-hybridized carbons (Fsp3) is 0.900. The van der Waals surface area contributed by atoms with E-state index >= 15 is 0 Å². The normalized spacial score (nSPS) is 21.2. The third kappa shape index (κ3) is 29.8. The summed E-state index contributed by atoms with van der Waals surface area (Å²) in [7, 11) is 0. The lowest BCUT2D eigenvalue weighted by molar-refractivity contribution is -0.302. The van der Waals surface area contributed by atoms with Crippen LogP contribution in [0.15, 0.2) is 24.3 Å². The zero-order chi connectivity index (χ0) is 43.9. The van der Waals surface area contributed by atoms with Crippen LogP contribution >= 0.6 is 0 Å². The first-order chi connectivity index (χ1) is 29.3. The third-order valence-corrected chi connectivity index (χ3v) is 12.2. The molecule has 1 aliphatic rings. The van der Waals surface area contributed by atoms with Gasteiger partial charge in [-0.3, -0.25) is 4.79 Å². The van der Waals surface area contributed by atoms with E-state index in [0.717, 1.165) is 70.6 Å². The standard InChI is InChI=1S/C50H95NO9/c1-3-5-7-9-11-13-15-17-18-19-20-21-22-23-24-25-27-29-31-33-35-37-39-44(54)49(58)51-42(41-59-50-48(57)47(56)46(55)45(40-52)60-50)43(53)38-36-34-32-30-28-26-16-14-12-10-8-6-4-2/h20-21,23-24,42-48,50,52-57H,3-19,22,25-41H2,1-2H3,(H,51,58)/b21-20-,24-23-. The zero-order valence-electron chi connectivity index (χ0n) is 38.6. The molecule has 1 rings (SSSR count). The number of aliphatic hydroxyl groups excluding tert-OH is 6. The molecule has 1 amide bonds. The van der Waals surface area contributed by atoms with Crippen LogP contribution < -0.4 is 5.32 Å². The number of nitrogens with one attached hydrogen (secondary N) is 1. The van der Waals surface area contributed by atoms with Crippen LogP contribution in [0.1, 0.15) is 226 Å². The highest BCUT2D eigenvalue weighted by Gasteiger charge is 2.44. The Balaban J connectivity index is 2.32. The summed E-state index contributed by atoms with van der Waals surface area (Å²) in [5, 5.41) is 64.9. The van der Waals surface area contributed by atoms with Gasteiger partial charge in [0.15, 0.2) is 6.29 Å². The highest BCUT2D eigenvalue weighted by molar-refractivity contribution is 5.80. The second kappa shape index (κ2) is 40.4. The van der Waals surface area contributed by atoms with Crippen molar-refractivity contribution in [2.75, 3.05) is 13.2 Å². The van der Waals surface area contributed by atoms with E-state index < -0.39 is 61.5 Å². The van der Waals surface area contributed by atoms with Crippen molar-refractivity contribution >= 4 is 5.91 Å². The van der Waals surface area contributed by atoms with Gasteiger partial charge in [0.1, 0.15) is 30.5 Å². The van der Waals surface area contributed by atoms with Gasteiger partial charge in [0, 0.05) is 0 Å². The molecule has 1 heterocycles. The Bertz CT molecular complexity index is 1010. The number of carbonyl (C=O) groups excluding carboxylic acids is 1. The van der Waals surface area contributed by atoms with Gasteiger partial charge < -0.3 is 45.4 Å². The van der Waals surface area contributed by atoms with Crippen LogP contribution in [0.25, 0.3) is 0 Å². The summed E-state index contributed by atoms with van der Waals surface area (Å²) in [5.74, 6) is -0.591. The molecule has 0 radical (unpaired) electrons. The molecule has 0 aromatic rings. The van der Waals surface area contributed by atoms with E-state index in [1.54, 1.807) is 0 Å². The third-order valence-electron chi connectivity index (χ3n) is 12.2. The predicted molar refractivity (Wildman–Crippen MR) is 246 cm³/mol. The van der Waals surface area contributed by atoms with Gasteiger partial charge in [0.25, 0.3) is 0 Å². The molecule has 8 atom stereocenters. The summed E-state index contributed by atoms with van der Waals surface area (Å²) >= 11 is 0. The quantitative estimate of drug-likeness (QED) is 0.0233. The van der Waals surface area contributed by atoms with E-state index in [0.29, 0.717) is 19.3 Å². The van der Waals surface area contributed by atoms with Crippen molar-refractivity contribution in [3.63, 3.8) is 0 Å². The van der Waals surface area contributed by atoms with E-state index in [2.05, 4.69) is 43.5 Å². The summed E-state index contributed by atoms with van der Waals surface area (Å²) in [5.41, 5.74) is 0. The fourth-order valence-corrected chi connectivity index (χ4v) is 8.02. The minimum absolute atomic E-state index is 0.258. The first-order valence-electron chi connectivity index (χ1n) is 25.1.